The molecule has 1 aromatic heterocycles. The quantitative estimate of drug-likeness (QED) is 0.817. The summed E-state index contributed by atoms with van der Waals surface area (Å²) in [4.78, 5) is 2.65. The fraction of sp³-hybridized carbons (Fsp3) is 0.231. The number of nitrogens with one attached hydrogen (secondary N) is 1. The van der Waals surface area contributed by atoms with Crippen LogP contribution in [0.3, 0.4) is 0 Å². The molecule has 0 unspecified atom stereocenters. The highest BCUT2D eigenvalue weighted by atomic mass is 35.5. The molecule has 1 aromatic carbocycles. The molecule has 0 aliphatic rings. The molecule has 0 bridgehead atoms. The summed E-state index contributed by atoms with van der Waals surface area (Å²) in [6, 6.07) is 7.73. The third kappa shape index (κ3) is 2.73. The normalized spacial score (nSPS) is 10.5. The summed E-state index contributed by atoms with van der Waals surface area (Å²) in [5.74, 6) is 0. The number of hydrogen-bond donors (Lipinski definition) is 2. The third-order valence-corrected chi connectivity index (χ3v) is 4.17. The average molecular weight is 267 g/mol. The van der Waals surface area contributed by atoms with Crippen LogP contribution >= 0.6 is 22.9 Å². The molecule has 1 heterocycles. The molecule has 0 spiro atoms. The maximum Gasteiger partial charge on any atom is 0.0766 e. The molecular weight excluding hydrogens is 252 g/mol. The van der Waals surface area contributed by atoms with E-state index in [1.54, 1.807) is 11.3 Å². The van der Waals surface area contributed by atoms with E-state index in [0.717, 1.165) is 12.2 Å². The predicted octanol–water partition coefficient (Wildman–Crippen LogP) is 4.21. The van der Waals surface area contributed by atoms with Crippen molar-refractivity contribution in [3.63, 3.8) is 0 Å². The molecule has 2 aromatic rings. The van der Waals surface area contributed by atoms with Gasteiger partial charge in [0.25, 0.3) is 0 Å². The Hall–Kier alpha value is -1.19. The molecule has 0 amide bonds. The molecule has 0 atom stereocenters. The summed E-state index contributed by atoms with van der Waals surface area (Å²) in [5.41, 5.74) is 8.71. The smallest absolute Gasteiger partial charge is 0.0766 e. The standard InChI is InChI=1S/C13H15ClN2S/c1-8-6-10(17-9(8)2)7-16-13-11(14)4-3-5-12(13)15/h3-6,16H,7,15H2,1-2H3. The van der Waals surface area contributed by atoms with Crippen molar-refractivity contribution >= 4 is 34.3 Å². The first-order chi connectivity index (χ1) is 8.08. The van der Waals surface area contributed by atoms with Gasteiger partial charge >= 0.3 is 0 Å². The Kier molecular flexibility index (Phi) is 3.60. The maximum absolute atomic E-state index is 6.09. The molecule has 90 valence electrons. The van der Waals surface area contributed by atoms with E-state index in [4.69, 9.17) is 17.3 Å². The van der Waals surface area contributed by atoms with Crippen LogP contribution in [0.5, 0.6) is 0 Å². The number of nitrogen functional groups attached to an aromatic ring is 1. The summed E-state index contributed by atoms with van der Waals surface area (Å²) in [6.07, 6.45) is 0. The van der Waals surface area contributed by atoms with Gasteiger partial charge in [-0.1, -0.05) is 17.7 Å². The number of aryl methyl sites for hydroxylation is 2. The van der Waals surface area contributed by atoms with Crippen molar-refractivity contribution in [2.45, 2.75) is 20.4 Å². The second kappa shape index (κ2) is 4.98. The van der Waals surface area contributed by atoms with E-state index in [-0.39, 0.29) is 0 Å². The van der Waals surface area contributed by atoms with Crippen LogP contribution in [0.15, 0.2) is 24.3 Å². The highest BCUT2D eigenvalue weighted by molar-refractivity contribution is 7.12. The monoisotopic (exact) mass is 266 g/mol. The van der Waals surface area contributed by atoms with Gasteiger partial charge in [-0.25, -0.2) is 0 Å². The number of hydrogen-bond acceptors (Lipinski definition) is 3. The van der Waals surface area contributed by atoms with Crippen LogP contribution in [0.25, 0.3) is 0 Å². The van der Waals surface area contributed by atoms with Crippen LogP contribution in [0.4, 0.5) is 11.4 Å². The zero-order valence-electron chi connectivity index (χ0n) is 9.88. The first kappa shape index (κ1) is 12.3. The van der Waals surface area contributed by atoms with Crippen LogP contribution in [0.2, 0.25) is 5.02 Å². The Balaban J connectivity index is 2.12. The molecular formula is C13H15ClN2S. The van der Waals surface area contributed by atoms with Crippen molar-refractivity contribution < 1.29 is 0 Å². The van der Waals surface area contributed by atoms with Crippen molar-refractivity contribution in [1.29, 1.82) is 0 Å². The van der Waals surface area contributed by atoms with Gasteiger partial charge in [-0.3, -0.25) is 0 Å². The van der Waals surface area contributed by atoms with E-state index >= 15 is 0 Å². The highest BCUT2D eigenvalue weighted by Gasteiger charge is 2.05. The van der Waals surface area contributed by atoms with Crippen molar-refractivity contribution in [3.05, 3.63) is 44.6 Å². The van der Waals surface area contributed by atoms with E-state index in [2.05, 4.69) is 25.2 Å². The fourth-order valence-electron chi connectivity index (χ4n) is 1.64. The predicted molar refractivity (Wildman–Crippen MR) is 77.0 cm³/mol. The lowest BCUT2D eigenvalue weighted by molar-refractivity contribution is 1.19. The summed E-state index contributed by atoms with van der Waals surface area (Å²) < 4.78 is 0. The summed E-state index contributed by atoms with van der Waals surface area (Å²) in [5, 5.41) is 3.95. The number of para-hydroxylation sites is 1. The Morgan fingerprint density at radius 2 is 2.12 bits per heavy atom. The molecule has 17 heavy (non-hydrogen) atoms. The van der Waals surface area contributed by atoms with Crippen molar-refractivity contribution in [1.82, 2.24) is 0 Å². The zero-order valence-corrected chi connectivity index (χ0v) is 11.5. The molecule has 0 aliphatic heterocycles. The maximum atomic E-state index is 6.09. The first-order valence-electron chi connectivity index (χ1n) is 5.41. The second-order valence-corrected chi connectivity index (χ2v) is 5.76. The molecule has 0 radical (unpaired) electrons. The van der Waals surface area contributed by atoms with Crippen LogP contribution in [0.1, 0.15) is 15.3 Å². The van der Waals surface area contributed by atoms with Gasteiger partial charge in [0.15, 0.2) is 0 Å². The van der Waals surface area contributed by atoms with Crippen molar-refractivity contribution in [2.75, 3.05) is 11.1 Å². The molecule has 0 aliphatic carbocycles. The minimum atomic E-state index is 0.662. The zero-order chi connectivity index (χ0) is 12.4. The Morgan fingerprint density at radius 3 is 2.71 bits per heavy atom. The number of halogens is 1. The Labute approximate surface area is 110 Å². The molecule has 0 saturated carbocycles. The van der Waals surface area contributed by atoms with Gasteiger partial charge < -0.3 is 11.1 Å². The molecule has 2 nitrogen and oxygen atoms in total. The highest BCUT2D eigenvalue weighted by Crippen LogP contribution is 2.29. The summed E-state index contributed by atoms with van der Waals surface area (Å²) in [6.45, 7) is 5.01. The Bertz CT molecular complexity index is 494. The van der Waals surface area contributed by atoms with Crippen molar-refractivity contribution in [3.8, 4) is 0 Å². The largest absolute Gasteiger partial charge is 0.397 e. The van der Waals surface area contributed by atoms with E-state index < -0.39 is 0 Å². The molecule has 0 saturated heterocycles. The topological polar surface area (TPSA) is 38.0 Å². The van der Waals surface area contributed by atoms with E-state index in [1.165, 1.54) is 15.3 Å². The molecule has 2 rings (SSSR count). The average Bonchev–Trinajstić information content (AvgIpc) is 2.58. The number of thiophene rings is 1. The SMILES string of the molecule is Cc1cc(CNc2c(N)cccc2Cl)sc1C. The van der Waals surface area contributed by atoms with Crippen LogP contribution in [-0.2, 0) is 6.54 Å². The van der Waals surface area contributed by atoms with Gasteiger partial charge in [0.2, 0.25) is 0 Å². The lowest BCUT2D eigenvalue weighted by Crippen LogP contribution is -2.01. The number of nitrogens with two attached hydrogens (primary N) is 1. The van der Waals surface area contributed by atoms with Crippen LogP contribution < -0.4 is 11.1 Å². The molecule has 0 fully saturated rings. The lowest BCUT2D eigenvalue weighted by Gasteiger charge is -2.09. The van der Waals surface area contributed by atoms with Gasteiger partial charge in [-0.15, -0.1) is 11.3 Å². The van der Waals surface area contributed by atoms with Gasteiger partial charge in [0.1, 0.15) is 0 Å². The minimum absolute atomic E-state index is 0.662. The first-order valence-corrected chi connectivity index (χ1v) is 6.61. The lowest BCUT2D eigenvalue weighted by atomic mass is 10.2. The van der Waals surface area contributed by atoms with Gasteiger partial charge in [-0.2, -0.15) is 0 Å². The minimum Gasteiger partial charge on any atom is -0.397 e. The van der Waals surface area contributed by atoms with Crippen LogP contribution in [0, 0.1) is 13.8 Å². The van der Waals surface area contributed by atoms with E-state index in [1.807, 2.05) is 18.2 Å². The van der Waals surface area contributed by atoms with E-state index in [9.17, 15) is 0 Å². The number of anilines is 2. The third-order valence-electron chi connectivity index (χ3n) is 2.70. The van der Waals surface area contributed by atoms with Gasteiger partial charge in [-0.05, 0) is 37.6 Å². The molecule has 3 N–H and O–H groups in total. The van der Waals surface area contributed by atoms with Crippen molar-refractivity contribution in [2.24, 2.45) is 0 Å². The van der Waals surface area contributed by atoms with E-state index in [0.29, 0.717) is 10.7 Å². The number of benzene rings is 1. The summed E-state index contributed by atoms with van der Waals surface area (Å²) >= 11 is 7.89. The van der Waals surface area contributed by atoms with Gasteiger partial charge in [0.05, 0.1) is 16.4 Å². The van der Waals surface area contributed by atoms with Gasteiger partial charge in [0, 0.05) is 16.3 Å². The number of rotatable bonds is 3. The fourth-order valence-corrected chi connectivity index (χ4v) is 2.88. The molecule has 4 heteroatoms. The van der Waals surface area contributed by atoms with Crippen LogP contribution in [-0.4, -0.2) is 0 Å². The Morgan fingerprint density at radius 1 is 1.35 bits per heavy atom. The second-order valence-electron chi connectivity index (χ2n) is 4.01. The summed E-state index contributed by atoms with van der Waals surface area (Å²) in [7, 11) is 0.